The summed E-state index contributed by atoms with van der Waals surface area (Å²) in [5, 5.41) is 8.03. The maximum atomic E-state index is 6.10. The van der Waals surface area contributed by atoms with E-state index in [4.69, 9.17) is 21.1 Å². The van der Waals surface area contributed by atoms with Gasteiger partial charge in [0.25, 0.3) is 5.88 Å². The Morgan fingerprint density at radius 1 is 1.03 bits per heavy atom. The summed E-state index contributed by atoms with van der Waals surface area (Å²) >= 11 is 6.10. The van der Waals surface area contributed by atoms with Crippen molar-refractivity contribution in [3.8, 4) is 11.6 Å². The zero-order chi connectivity index (χ0) is 22.8. The van der Waals surface area contributed by atoms with E-state index in [0.29, 0.717) is 40.7 Å². The van der Waals surface area contributed by atoms with E-state index in [1.165, 1.54) is 0 Å². The van der Waals surface area contributed by atoms with Gasteiger partial charge in [-0.2, -0.15) is 4.98 Å². The number of pyridine rings is 2. The lowest BCUT2D eigenvalue weighted by Gasteiger charge is -2.27. The summed E-state index contributed by atoms with van der Waals surface area (Å²) < 4.78 is 11.7. The number of rotatable bonds is 6. The van der Waals surface area contributed by atoms with Gasteiger partial charge >= 0.3 is 0 Å². The van der Waals surface area contributed by atoms with Crippen molar-refractivity contribution >= 4 is 45.6 Å². The van der Waals surface area contributed by atoms with Gasteiger partial charge < -0.3 is 25.0 Å². The van der Waals surface area contributed by atoms with Crippen molar-refractivity contribution in [2.45, 2.75) is 6.10 Å². The van der Waals surface area contributed by atoms with Crippen LogP contribution in [0.4, 0.5) is 23.1 Å². The van der Waals surface area contributed by atoms with Gasteiger partial charge in [-0.05, 0) is 44.4 Å². The molecule has 0 amide bonds. The van der Waals surface area contributed by atoms with Crippen LogP contribution in [-0.2, 0) is 0 Å². The molecule has 0 radical (unpaired) electrons. The van der Waals surface area contributed by atoms with Crippen LogP contribution < -0.4 is 20.1 Å². The molecule has 2 N–H and O–H groups in total. The predicted octanol–water partition coefficient (Wildman–Crippen LogP) is 4.26. The molecule has 1 aromatic carbocycles. The Balaban J connectivity index is 1.31. The van der Waals surface area contributed by atoms with Crippen molar-refractivity contribution in [2.75, 3.05) is 37.9 Å². The fourth-order valence-corrected chi connectivity index (χ4v) is 3.69. The van der Waals surface area contributed by atoms with Crippen LogP contribution in [-0.4, -0.2) is 58.2 Å². The minimum absolute atomic E-state index is 0.0567. The second-order valence-electron chi connectivity index (χ2n) is 7.92. The molecule has 168 valence electrons. The summed E-state index contributed by atoms with van der Waals surface area (Å²) in [5.74, 6) is 2.11. The molecule has 5 rings (SSSR count). The van der Waals surface area contributed by atoms with E-state index in [9.17, 15) is 0 Å². The Hall–Kier alpha value is -3.69. The maximum absolute atomic E-state index is 6.10. The Bertz CT molecular complexity index is 1300. The van der Waals surface area contributed by atoms with E-state index in [1.54, 1.807) is 24.7 Å². The third kappa shape index (κ3) is 5.05. The zero-order valence-corrected chi connectivity index (χ0v) is 18.9. The summed E-state index contributed by atoms with van der Waals surface area (Å²) in [7, 11) is 3.99. The van der Waals surface area contributed by atoms with Crippen LogP contribution >= 0.6 is 11.6 Å². The van der Waals surface area contributed by atoms with Gasteiger partial charge in [0.1, 0.15) is 18.5 Å². The monoisotopic (exact) mass is 463 g/mol. The first-order valence-electron chi connectivity index (χ1n) is 10.4. The number of nitrogens with one attached hydrogen (secondary N) is 2. The molecule has 10 heteroatoms. The first-order valence-corrected chi connectivity index (χ1v) is 10.8. The molecule has 9 nitrogen and oxygen atoms in total. The summed E-state index contributed by atoms with van der Waals surface area (Å²) in [6.07, 6.45) is 5.02. The third-order valence-corrected chi connectivity index (χ3v) is 5.15. The highest BCUT2D eigenvalue weighted by Gasteiger charge is 2.23. The maximum Gasteiger partial charge on any atom is 0.257 e. The minimum atomic E-state index is -0.0567. The second kappa shape index (κ2) is 9.05. The lowest BCUT2D eigenvalue weighted by Crippen LogP contribution is -2.38. The molecule has 1 aliphatic rings. The van der Waals surface area contributed by atoms with Crippen molar-refractivity contribution in [1.29, 1.82) is 0 Å². The highest BCUT2D eigenvalue weighted by Crippen LogP contribution is 2.32. The van der Waals surface area contributed by atoms with Crippen LogP contribution in [0.2, 0.25) is 5.02 Å². The van der Waals surface area contributed by atoms with Crippen LogP contribution in [0, 0.1) is 0 Å². The summed E-state index contributed by atoms with van der Waals surface area (Å²) in [6, 6.07) is 11.2. The van der Waals surface area contributed by atoms with Gasteiger partial charge in [0.15, 0.2) is 5.75 Å². The number of nitrogens with zero attached hydrogens (tertiary/aromatic N) is 5. The van der Waals surface area contributed by atoms with Gasteiger partial charge in [0.2, 0.25) is 5.95 Å². The van der Waals surface area contributed by atoms with E-state index in [-0.39, 0.29) is 6.10 Å². The lowest BCUT2D eigenvalue weighted by molar-refractivity contribution is 0.0671. The van der Waals surface area contributed by atoms with Crippen molar-refractivity contribution in [3.63, 3.8) is 0 Å². The van der Waals surface area contributed by atoms with Crippen LogP contribution in [0.15, 0.2) is 55.0 Å². The molecule has 3 aromatic heterocycles. The van der Waals surface area contributed by atoms with E-state index in [1.807, 2.05) is 44.4 Å². The van der Waals surface area contributed by atoms with Gasteiger partial charge in [0, 0.05) is 29.2 Å². The Kier molecular flexibility index (Phi) is 5.80. The van der Waals surface area contributed by atoms with Crippen LogP contribution in [0.25, 0.3) is 10.9 Å². The van der Waals surface area contributed by atoms with Gasteiger partial charge in [-0.25, -0.2) is 9.97 Å². The number of halogens is 1. The van der Waals surface area contributed by atoms with E-state index in [2.05, 4.69) is 35.5 Å². The van der Waals surface area contributed by atoms with Crippen LogP contribution in [0.5, 0.6) is 11.6 Å². The first-order chi connectivity index (χ1) is 16.0. The smallest absolute Gasteiger partial charge is 0.257 e. The highest BCUT2D eigenvalue weighted by molar-refractivity contribution is 6.31. The molecule has 0 aliphatic carbocycles. The van der Waals surface area contributed by atoms with E-state index < -0.39 is 0 Å². The Labute approximate surface area is 195 Å². The molecule has 1 unspecified atom stereocenters. The topological polar surface area (TPSA) is 97.3 Å². The van der Waals surface area contributed by atoms with Crippen molar-refractivity contribution < 1.29 is 9.47 Å². The van der Waals surface area contributed by atoms with Gasteiger partial charge in [-0.15, -0.1) is 0 Å². The van der Waals surface area contributed by atoms with E-state index in [0.717, 1.165) is 23.1 Å². The van der Waals surface area contributed by atoms with E-state index >= 15 is 0 Å². The molecular weight excluding hydrogens is 442 g/mol. The molecule has 33 heavy (non-hydrogen) atoms. The molecule has 1 aliphatic heterocycles. The highest BCUT2D eigenvalue weighted by atomic mass is 35.5. The average Bonchev–Trinajstić information content (AvgIpc) is 2.78. The molecule has 0 bridgehead atoms. The molecule has 1 atom stereocenters. The largest absolute Gasteiger partial charge is 0.480 e. The Morgan fingerprint density at radius 2 is 1.88 bits per heavy atom. The second-order valence-corrected chi connectivity index (χ2v) is 8.35. The molecule has 0 saturated carbocycles. The SMILES string of the molecule is CN(C)CC1COc2ncc(Nc3nccc(Nc4cnc5ccc(Cl)cc5c4)n3)cc2O1. The number of aromatic nitrogens is 4. The molecule has 0 fully saturated rings. The lowest BCUT2D eigenvalue weighted by atomic mass is 10.2. The summed E-state index contributed by atoms with van der Waals surface area (Å²) in [4.78, 5) is 19.7. The molecular formula is C23H22ClN7O2. The normalized spacial score (nSPS) is 15.0. The van der Waals surface area contributed by atoms with Crippen molar-refractivity contribution in [1.82, 2.24) is 24.8 Å². The van der Waals surface area contributed by atoms with Crippen LogP contribution in [0.3, 0.4) is 0 Å². The van der Waals surface area contributed by atoms with Crippen molar-refractivity contribution in [3.05, 3.63) is 60.0 Å². The number of hydrogen-bond donors (Lipinski definition) is 2. The number of benzene rings is 1. The number of anilines is 4. The third-order valence-electron chi connectivity index (χ3n) is 4.91. The standard InChI is InChI=1S/C23H22ClN7O2/c1-31(2)12-18-13-32-22-20(33-18)9-17(11-27-22)29-23-25-6-5-21(30-23)28-16-8-14-7-15(24)3-4-19(14)26-10-16/h3-11,18H,12-13H2,1-2H3,(H2,25,28,29,30). The first kappa shape index (κ1) is 21.2. The summed E-state index contributed by atoms with van der Waals surface area (Å²) in [5.41, 5.74) is 2.36. The quantitative estimate of drug-likeness (QED) is 0.434. The summed E-state index contributed by atoms with van der Waals surface area (Å²) in [6.45, 7) is 1.22. The van der Waals surface area contributed by atoms with Crippen molar-refractivity contribution in [2.24, 2.45) is 0 Å². The number of fused-ring (bicyclic) bond motifs is 2. The Morgan fingerprint density at radius 3 is 2.76 bits per heavy atom. The molecule has 4 aromatic rings. The number of ether oxygens (including phenoxy) is 2. The molecule has 0 spiro atoms. The van der Waals surface area contributed by atoms with Gasteiger partial charge in [-0.1, -0.05) is 11.6 Å². The molecule has 4 heterocycles. The fraction of sp³-hybridized carbons (Fsp3) is 0.217. The fourth-order valence-electron chi connectivity index (χ4n) is 3.51. The minimum Gasteiger partial charge on any atom is -0.480 e. The average molecular weight is 464 g/mol. The predicted molar refractivity (Wildman–Crippen MR) is 128 cm³/mol. The molecule has 0 saturated heterocycles. The number of hydrogen-bond acceptors (Lipinski definition) is 9. The van der Waals surface area contributed by atoms with Gasteiger partial charge in [0.05, 0.1) is 29.3 Å². The number of likely N-dealkylation sites (N-methyl/N-ethyl adjacent to an activating group) is 1. The van der Waals surface area contributed by atoms with Crippen LogP contribution in [0.1, 0.15) is 0 Å². The van der Waals surface area contributed by atoms with Gasteiger partial charge in [-0.3, -0.25) is 4.98 Å². The zero-order valence-electron chi connectivity index (χ0n) is 18.1.